The second kappa shape index (κ2) is 7.16. The van der Waals surface area contributed by atoms with Crippen LogP contribution in [-0.4, -0.2) is 44.9 Å². The van der Waals surface area contributed by atoms with E-state index in [1.807, 2.05) is 30.3 Å². The monoisotopic (exact) mass is 329 g/mol. The van der Waals surface area contributed by atoms with Crippen molar-refractivity contribution in [3.05, 3.63) is 53.9 Å². The molecular formula is C17H19N3O4. The third kappa shape index (κ3) is 3.73. The Bertz CT molecular complexity index is 714. The molecule has 7 heteroatoms. The number of carbonyl (C=O) groups is 2. The molecule has 1 N–H and O–H groups in total. The number of aromatic carboxylic acids is 1. The Hall–Kier alpha value is -2.83. The van der Waals surface area contributed by atoms with Crippen molar-refractivity contribution in [3.63, 3.8) is 0 Å². The van der Waals surface area contributed by atoms with Crippen LogP contribution in [0, 0.1) is 0 Å². The number of hydrogen-bond donors (Lipinski definition) is 1. The maximum absolute atomic E-state index is 12.2. The Morgan fingerprint density at radius 2 is 2.08 bits per heavy atom. The molecule has 126 valence electrons. The zero-order chi connectivity index (χ0) is 16.9. The number of carboxylic acid groups (broad SMARTS) is 1. The number of nitrogens with zero attached hydrogens (tertiary/aromatic N) is 3. The number of ether oxygens (including phenoxy) is 1. The van der Waals surface area contributed by atoms with Crippen molar-refractivity contribution in [3.8, 4) is 0 Å². The quantitative estimate of drug-likeness (QED) is 0.932. The second-order valence-corrected chi connectivity index (χ2v) is 5.80. The number of piperidine rings is 1. The number of likely N-dealkylation sites (tertiary alicyclic amines) is 1. The second-order valence-electron chi connectivity index (χ2n) is 5.80. The Morgan fingerprint density at radius 1 is 1.29 bits per heavy atom. The Kier molecular flexibility index (Phi) is 4.79. The van der Waals surface area contributed by atoms with Gasteiger partial charge in [-0.3, -0.25) is 4.68 Å². The normalized spacial score (nSPS) is 17.5. The van der Waals surface area contributed by atoms with E-state index in [1.54, 1.807) is 9.58 Å². The Balaban J connectivity index is 1.58. The van der Waals surface area contributed by atoms with Crippen molar-refractivity contribution in [2.24, 2.45) is 0 Å². The zero-order valence-electron chi connectivity index (χ0n) is 13.2. The number of carbonyl (C=O) groups excluding carboxylic acids is 1. The van der Waals surface area contributed by atoms with E-state index >= 15 is 0 Å². The highest BCUT2D eigenvalue weighted by Crippen LogP contribution is 2.22. The molecule has 1 aromatic carbocycles. The molecule has 1 aliphatic rings. The maximum atomic E-state index is 12.2. The minimum atomic E-state index is -1.00. The molecule has 1 aliphatic heterocycles. The third-order valence-electron chi connectivity index (χ3n) is 4.08. The van der Waals surface area contributed by atoms with Gasteiger partial charge in [0.1, 0.15) is 6.61 Å². The summed E-state index contributed by atoms with van der Waals surface area (Å²) in [6.07, 6.45) is 4.16. The van der Waals surface area contributed by atoms with Crippen molar-refractivity contribution in [1.82, 2.24) is 14.7 Å². The van der Waals surface area contributed by atoms with Crippen LogP contribution in [0.4, 0.5) is 4.79 Å². The van der Waals surface area contributed by atoms with E-state index in [0.717, 1.165) is 18.4 Å². The molecule has 1 atom stereocenters. The molecule has 0 spiro atoms. The number of carboxylic acids is 1. The van der Waals surface area contributed by atoms with Crippen LogP contribution in [0.2, 0.25) is 0 Å². The highest BCUT2D eigenvalue weighted by Gasteiger charge is 2.26. The van der Waals surface area contributed by atoms with Crippen LogP contribution >= 0.6 is 0 Å². The summed E-state index contributed by atoms with van der Waals surface area (Å²) in [4.78, 5) is 24.8. The minimum absolute atomic E-state index is 0.0314. The predicted molar refractivity (Wildman–Crippen MR) is 85.7 cm³/mol. The van der Waals surface area contributed by atoms with Gasteiger partial charge in [-0.05, 0) is 18.4 Å². The molecule has 1 unspecified atom stereocenters. The molecule has 1 fully saturated rings. The van der Waals surface area contributed by atoms with E-state index in [0.29, 0.717) is 13.1 Å². The van der Waals surface area contributed by atoms with Gasteiger partial charge in [0.25, 0.3) is 0 Å². The van der Waals surface area contributed by atoms with Crippen molar-refractivity contribution in [2.45, 2.75) is 25.5 Å². The number of rotatable bonds is 4. The van der Waals surface area contributed by atoms with E-state index < -0.39 is 5.97 Å². The van der Waals surface area contributed by atoms with Gasteiger partial charge in [0, 0.05) is 19.3 Å². The molecule has 3 rings (SSSR count). The number of aromatic nitrogens is 2. The van der Waals surface area contributed by atoms with Gasteiger partial charge in [-0.1, -0.05) is 30.3 Å². The van der Waals surface area contributed by atoms with E-state index in [2.05, 4.69) is 5.10 Å². The molecule has 0 bridgehead atoms. The topological polar surface area (TPSA) is 84.7 Å². The van der Waals surface area contributed by atoms with Crippen LogP contribution in [0.3, 0.4) is 0 Å². The standard InChI is InChI=1S/C17H19N3O4/c21-16(22)14-9-18-20(10-14)15-7-4-8-19(11-15)17(23)24-12-13-5-2-1-3-6-13/h1-3,5-6,9-10,15H,4,7-8,11-12H2,(H,21,22). The summed E-state index contributed by atoms with van der Waals surface area (Å²) in [6, 6.07) is 9.50. The zero-order valence-corrected chi connectivity index (χ0v) is 13.2. The first kappa shape index (κ1) is 16.0. The molecule has 0 saturated carbocycles. The fourth-order valence-corrected chi connectivity index (χ4v) is 2.80. The molecule has 2 aromatic rings. The van der Waals surface area contributed by atoms with Crippen LogP contribution in [-0.2, 0) is 11.3 Å². The Morgan fingerprint density at radius 3 is 2.79 bits per heavy atom. The van der Waals surface area contributed by atoms with E-state index in [9.17, 15) is 9.59 Å². The highest BCUT2D eigenvalue weighted by molar-refractivity contribution is 5.86. The number of benzene rings is 1. The van der Waals surface area contributed by atoms with E-state index in [1.165, 1.54) is 12.4 Å². The van der Waals surface area contributed by atoms with Crippen LogP contribution in [0.15, 0.2) is 42.7 Å². The molecule has 0 radical (unpaired) electrons. The van der Waals surface area contributed by atoms with Crippen molar-refractivity contribution in [2.75, 3.05) is 13.1 Å². The van der Waals surface area contributed by atoms with Crippen LogP contribution in [0.25, 0.3) is 0 Å². The molecule has 1 aromatic heterocycles. The lowest BCUT2D eigenvalue weighted by molar-refractivity contribution is 0.0694. The summed E-state index contributed by atoms with van der Waals surface area (Å²) in [6.45, 7) is 1.34. The molecule has 1 amide bonds. The highest BCUT2D eigenvalue weighted by atomic mass is 16.6. The van der Waals surface area contributed by atoms with E-state index in [4.69, 9.17) is 9.84 Å². The first-order valence-electron chi connectivity index (χ1n) is 7.86. The largest absolute Gasteiger partial charge is 0.478 e. The van der Waals surface area contributed by atoms with Crippen LogP contribution in [0.5, 0.6) is 0 Å². The molecule has 7 nitrogen and oxygen atoms in total. The summed E-state index contributed by atoms with van der Waals surface area (Å²) in [5.41, 5.74) is 1.09. The minimum Gasteiger partial charge on any atom is -0.478 e. The summed E-state index contributed by atoms with van der Waals surface area (Å²) < 4.78 is 6.98. The maximum Gasteiger partial charge on any atom is 0.410 e. The SMILES string of the molecule is O=C(O)c1cnn(C2CCCN(C(=O)OCc3ccccc3)C2)c1. The first-order chi connectivity index (χ1) is 11.6. The first-order valence-corrected chi connectivity index (χ1v) is 7.86. The Labute approximate surface area is 139 Å². The lowest BCUT2D eigenvalue weighted by Gasteiger charge is -2.32. The molecular weight excluding hydrogens is 310 g/mol. The molecule has 24 heavy (non-hydrogen) atoms. The van der Waals surface area contributed by atoms with Gasteiger partial charge < -0.3 is 14.7 Å². The van der Waals surface area contributed by atoms with Gasteiger partial charge in [-0.15, -0.1) is 0 Å². The molecule has 1 saturated heterocycles. The van der Waals surface area contributed by atoms with Gasteiger partial charge in [0.15, 0.2) is 0 Å². The molecule has 0 aliphatic carbocycles. The lowest BCUT2D eigenvalue weighted by Crippen LogP contribution is -2.41. The summed E-state index contributed by atoms with van der Waals surface area (Å²) in [5.74, 6) is -1.00. The smallest absolute Gasteiger partial charge is 0.410 e. The fraction of sp³-hybridized carbons (Fsp3) is 0.353. The summed E-state index contributed by atoms with van der Waals surface area (Å²) >= 11 is 0. The summed E-state index contributed by atoms with van der Waals surface area (Å²) in [5, 5.41) is 13.1. The average molecular weight is 329 g/mol. The predicted octanol–water partition coefficient (Wildman–Crippen LogP) is 2.56. The van der Waals surface area contributed by atoms with Crippen molar-refractivity contribution in [1.29, 1.82) is 0 Å². The van der Waals surface area contributed by atoms with Gasteiger partial charge in [-0.2, -0.15) is 5.10 Å². The van der Waals surface area contributed by atoms with Gasteiger partial charge in [0.2, 0.25) is 0 Å². The van der Waals surface area contributed by atoms with Crippen molar-refractivity contribution >= 4 is 12.1 Å². The van der Waals surface area contributed by atoms with Crippen molar-refractivity contribution < 1.29 is 19.4 Å². The summed E-state index contributed by atoms with van der Waals surface area (Å²) in [7, 11) is 0. The lowest BCUT2D eigenvalue weighted by atomic mass is 10.1. The fourth-order valence-electron chi connectivity index (χ4n) is 2.80. The average Bonchev–Trinajstić information content (AvgIpc) is 3.11. The van der Waals surface area contributed by atoms with Crippen LogP contribution < -0.4 is 0 Å². The number of amides is 1. The number of hydrogen-bond acceptors (Lipinski definition) is 4. The van der Waals surface area contributed by atoms with E-state index in [-0.39, 0.29) is 24.3 Å². The third-order valence-corrected chi connectivity index (χ3v) is 4.08. The van der Waals surface area contributed by atoms with Gasteiger partial charge >= 0.3 is 12.1 Å². The molecule has 2 heterocycles. The van der Waals surface area contributed by atoms with Gasteiger partial charge in [-0.25, -0.2) is 9.59 Å². The van der Waals surface area contributed by atoms with Gasteiger partial charge in [0.05, 0.1) is 17.8 Å². The van der Waals surface area contributed by atoms with Crippen LogP contribution in [0.1, 0.15) is 34.8 Å².